The van der Waals surface area contributed by atoms with Gasteiger partial charge in [0.05, 0.1) is 0 Å². The van der Waals surface area contributed by atoms with Crippen molar-refractivity contribution in [2.24, 2.45) is 11.3 Å². The number of nitrogens with zero attached hydrogens (tertiary/aromatic N) is 1. The van der Waals surface area contributed by atoms with E-state index in [1.54, 1.807) is 0 Å². The summed E-state index contributed by atoms with van der Waals surface area (Å²) in [6.45, 7) is 13.2. The molecule has 2 unspecified atom stereocenters. The van der Waals surface area contributed by atoms with E-state index in [2.05, 4.69) is 37.9 Å². The molecule has 2 fully saturated rings. The maximum absolute atomic E-state index is 3.71. The fourth-order valence-electron chi connectivity index (χ4n) is 2.84. The van der Waals surface area contributed by atoms with Gasteiger partial charge < -0.3 is 5.32 Å². The number of hydrogen-bond acceptors (Lipinski definition) is 2. The first kappa shape index (κ1) is 12.4. The van der Waals surface area contributed by atoms with E-state index in [-0.39, 0.29) is 0 Å². The van der Waals surface area contributed by atoms with Gasteiger partial charge in [-0.25, -0.2) is 0 Å². The van der Waals surface area contributed by atoms with Gasteiger partial charge in [-0.15, -0.1) is 0 Å². The third kappa shape index (κ3) is 2.98. The lowest BCUT2D eigenvalue weighted by molar-refractivity contribution is 0.0511. The van der Waals surface area contributed by atoms with Crippen molar-refractivity contribution in [3.05, 3.63) is 0 Å². The van der Waals surface area contributed by atoms with Crippen molar-refractivity contribution < 1.29 is 0 Å². The highest BCUT2D eigenvalue weighted by molar-refractivity contribution is 4.94. The summed E-state index contributed by atoms with van der Waals surface area (Å²) in [5.41, 5.74) is 0.403. The summed E-state index contributed by atoms with van der Waals surface area (Å²) in [6, 6.07) is 1.44. The molecule has 0 aromatic rings. The van der Waals surface area contributed by atoms with E-state index in [9.17, 15) is 0 Å². The Hall–Kier alpha value is -0.0800. The Morgan fingerprint density at radius 2 is 1.94 bits per heavy atom. The van der Waals surface area contributed by atoms with Crippen LogP contribution in [0.3, 0.4) is 0 Å². The van der Waals surface area contributed by atoms with Gasteiger partial charge in [0.15, 0.2) is 0 Å². The minimum atomic E-state index is 0.403. The second-order valence-corrected chi connectivity index (χ2v) is 6.79. The largest absolute Gasteiger partial charge is 0.311 e. The number of rotatable bonds is 3. The highest BCUT2D eigenvalue weighted by Crippen LogP contribution is 2.34. The third-order valence-electron chi connectivity index (χ3n) is 4.18. The first-order valence-corrected chi connectivity index (χ1v) is 6.98. The first-order valence-electron chi connectivity index (χ1n) is 6.98. The van der Waals surface area contributed by atoms with E-state index >= 15 is 0 Å². The lowest BCUT2D eigenvalue weighted by Crippen LogP contribution is -2.60. The molecule has 1 aliphatic carbocycles. The van der Waals surface area contributed by atoms with Gasteiger partial charge in [-0.3, -0.25) is 4.90 Å². The Labute approximate surface area is 101 Å². The van der Waals surface area contributed by atoms with E-state index < -0.39 is 0 Å². The van der Waals surface area contributed by atoms with Crippen LogP contribution in [0.25, 0.3) is 0 Å². The van der Waals surface area contributed by atoms with E-state index in [0.717, 1.165) is 18.0 Å². The predicted molar refractivity (Wildman–Crippen MR) is 69.6 cm³/mol. The van der Waals surface area contributed by atoms with E-state index in [1.807, 2.05) is 0 Å². The third-order valence-corrected chi connectivity index (χ3v) is 4.18. The van der Waals surface area contributed by atoms with Crippen LogP contribution in [0.2, 0.25) is 0 Å². The maximum Gasteiger partial charge on any atom is 0.0269 e. The van der Waals surface area contributed by atoms with Gasteiger partial charge in [0, 0.05) is 31.7 Å². The Morgan fingerprint density at radius 3 is 2.44 bits per heavy atom. The van der Waals surface area contributed by atoms with Gasteiger partial charge in [-0.1, -0.05) is 27.7 Å². The van der Waals surface area contributed by atoms with Crippen molar-refractivity contribution in [2.45, 2.75) is 59.0 Å². The minimum Gasteiger partial charge on any atom is -0.311 e. The van der Waals surface area contributed by atoms with Crippen molar-refractivity contribution >= 4 is 0 Å². The lowest BCUT2D eigenvalue weighted by Gasteiger charge is -2.46. The smallest absolute Gasteiger partial charge is 0.0269 e. The molecule has 1 heterocycles. The molecule has 94 valence electrons. The standard InChI is InChI=1S/C14H28N2/c1-5-12-10-16(9-11-6-7-11)13(8-15-12)14(2,3)4/h11-13,15H,5-10H2,1-4H3. The number of hydrogen-bond donors (Lipinski definition) is 1. The quantitative estimate of drug-likeness (QED) is 0.792. The van der Waals surface area contributed by atoms with Gasteiger partial charge in [0.1, 0.15) is 0 Å². The van der Waals surface area contributed by atoms with Gasteiger partial charge in [-0.2, -0.15) is 0 Å². The Kier molecular flexibility index (Phi) is 3.60. The first-order chi connectivity index (χ1) is 7.50. The molecule has 16 heavy (non-hydrogen) atoms. The van der Waals surface area contributed by atoms with Crippen LogP contribution in [0.4, 0.5) is 0 Å². The molecule has 2 nitrogen and oxygen atoms in total. The van der Waals surface area contributed by atoms with Crippen LogP contribution in [-0.2, 0) is 0 Å². The molecule has 2 heteroatoms. The Balaban J connectivity index is 1.98. The van der Waals surface area contributed by atoms with Crippen LogP contribution < -0.4 is 5.32 Å². The van der Waals surface area contributed by atoms with E-state index in [4.69, 9.17) is 0 Å². The maximum atomic E-state index is 3.71. The number of nitrogens with one attached hydrogen (secondary N) is 1. The van der Waals surface area contributed by atoms with Crippen molar-refractivity contribution in [2.75, 3.05) is 19.6 Å². The number of piperazine rings is 1. The summed E-state index contributed by atoms with van der Waals surface area (Å²) in [5, 5.41) is 3.71. The molecule has 0 spiro atoms. The molecule has 1 saturated carbocycles. The summed E-state index contributed by atoms with van der Waals surface area (Å²) in [4.78, 5) is 2.77. The topological polar surface area (TPSA) is 15.3 Å². The summed E-state index contributed by atoms with van der Waals surface area (Å²) in [6.07, 6.45) is 4.20. The molecule has 0 aromatic carbocycles. The molecular weight excluding hydrogens is 196 g/mol. The van der Waals surface area contributed by atoms with Crippen LogP contribution in [0.15, 0.2) is 0 Å². The molecule has 2 aliphatic rings. The second kappa shape index (κ2) is 4.66. The van der Waals surface area contributed by atoms with Crippen molar-refractivity contribution in [1.82, 2.24) is 10.2 Å². The van der Waals surface area contributed by atoms with Crippen LogP contribution >= 0.6 is 0 Å². The molecule has 0 amide bonds. The summed E-state index contributed by atoms with van der Waals surface area (Å²) >= 11 is 0. The molecule has 2 atom stereocenters. The summed E-state index contributed by atoms with van der Waals surface area (Å²) in [7, 11) is 0. The van der Waals surface area contributed by atoms with Crippen LogP contribution in [0, 0.1) is 11.3 Å². The van der Waals surface area contributed by atoms with Crippen molar-refractivity contribution in [1.29, 1.82) is 0 Å². The van der Waals surface area contributed by atoms with Crippen molar-refractivity contribution in [3.63, 3.8) is 0 Å². The Bertz CT molecular complexity index is 227. The van der Waals surface area contributed by atoms with E-state index in [0.29, 0.717) is 5.41 Å². The molecular formula is C14H28N2. The minimum absolute atomic E-state index is 0.403. The zero-order valence-corrected chi connectivity index (χ0v) is 11.4. The molecule has 2 rings (SSSR count). The molecule has 1 N–H and O–H groups in total. The van der Waals surface area contributed by atoms with Crippen LogP contribution in [0.5, 0.6) is 0 Å². The van der Waals surface area contributed by atoms with Gasteiger partial charge in [0.2, 0.25) is 0 Å². The second-order valence-electron chi connectivity index (χ2n) is 6.79. The highest BCUT2D eigenvalue weighted by Gasteiger charge is 2.37. The van der Waals surface area contributed by atoms with Gasteiger partial charge in [0.25, 0.3) is 0 Å². The van der Waals surface area contributed by atoms with Gasteiger partial charge in [-0.05, 0) is 30.6 Å². The zero-order chi connectivity index (χ0) is 11.8. The fourth-order valence-corrected chi connectivity index (χ4v) is 2.84. The summed E-state index contributed by atoms with van der Waals surface area (Å²) in [5.74, 6) is 1.01. The zero-order valence-electron chi connectivity index (χ0n) is 11.4. The average Bonchev–Trinajstić information content (AvgIpc) is 3.00. The Morgan fingerprint density at radius 1 is 1.25 bits per heavy atom. The van der Waals surface area contributed by atoms with Gasteiger partial charge >= 0.3 is 0 Å². The van der Waals surface area contributed by atoms with Crippen LogP contribution in [0.1, 0.15) is 47.0 Å². The van der Waals surface area contributed by atoms with E-state index in [1.165, 1.54) is 38.9 Å². The lowest BCUT2D eigenvalue weighted by atomic mass is 9.83. The van der Waals surface area contributed by atoms with Crippen LogP contribution in [-0.4, -0.2) is 36.6 Å². The molecule has 1 saturated heterocycles. The predicted octanol–water partition coefficient (Wildman–Crippen LogP) is 2.49. The monoisotopic (exact) mass is 224 g/mol. The normalized spacial score (nSPS) is 33.0. The fraction of sp³-hybridized carbons (Fsp3) is 1.00. The molecule has 0 radical (unpaired) electrons. The SMILES string of the molecule is CCC1CN(CC2CC2)C(C(C)(C)C)CN1. The molecule has 0 bridgehead atoms. The molecule has 0 aromatic heterocycles. The van der Waals surface area contributed by atoms with Crippen molar-refractivity contribution in [3.8, 4) is 0 Å². The summed E-state index contributed by atoms with van der Waals surface area (Å²) < 4.78 is 0. The highest BCUT2D eigenvalue weighted by atomic mass is 15.2. The average molecular weight is 224 g/mol. The molecule has 1 aliphatic heterocycles.